The number of carbonyl (C=O) groups is 3. The Labute approximate surface area is 216 Å². The van der Waals surface area contributed by atoms with E-state index in [2.05, 4.69) is 49.3 Å². The molecule has 13 heteroatoms. The van der Waals surface area contributed by atoms with Gasteiger partial charge in [0.2, 0.25) is 0 Å². The van der Waals surface area contributed by atoms with Crippen LogP contribution in [-0.2, 0) is 0 Å². The molecule has 0 saturated heterocycles. The van der Waals surface area contributed by atoms with Crippen molar-refractivity contribution < 1.29 is 24.0 Å². The normalized spacial score (nSPS) is 10.5. The maximum absolute atomic E-state index is 12.9. The number of carboxylic acids is 1. The molecule has 1 aromatic heterocycles. The average molecular weight is 596 g/mol. The quantitative estimate of drug-likeness (QED) is 0.119. The number of hydrogen-bond donors (Lipinski definition) is 5. The van der Waals surface area contributed by atoms with Gasteiger partial charge in [0.15, 0.2) is 11.3 Å². The fourth-order valence-electron chi connectivity index (χ4n) is 3.29. The molecule has 0 unspecified atom stereocenters. The topological polar surface area (TPSA) is 198 Å². The number of carbonyl (C=O) groups excluding carboxylic acids is 3. The largest absolute Gasteiger partial charge is 0.545 e. The van der Waals surface area contributed by atoms with Gasteiger partial charge in [0.25, 0.3) is 11.8 Å². The molecule has 4 rings (SSSR count). The second kappa shape index (κ2) is 10.4. The van der Waals surface area contributed by atoms with E-state index >= 15 is 0 Å². The number of halogens is 1. The molecule has 0 radical (unpaired) electrons. The Morgan fingerprint density at radius 2 is 1.78 bits per heavy atom. The smallest absolute Gasteiger partial charge is 0.278 e. The van der Waals surface area contributed by atoms with Crippen molar-refractivity contribution in [2.45, 2.75) is 0 Å². The zero-order valence-electron chi connectivity index (χ0n) is 18.1. The lowest BCUT2D eigenvalue weighted by molar-refractivity contribution is -0.254. The van der Waals surface area contributed by atoms with Crippen LogP contribution in [0.2, 0.25) is 0 Å². The molecule has 0 spiro atoms. The van der Waals surface area contributed by atoms with Gasteiger partial charge in [0.1, 0.15) is 0 Å². The van der Waals surface area contributed by atoms with Crippen LogP contribution in [-0.4, -0.2) is 22.9 Å². The number of carboxylic acid groups (broad SMARTS) is 1. The van der Waals surface area contributed by atoms with Gasteiger partial charge in [-0.2, -0.15) is 10.8 Å². The number of nitrogens with zero attached hydrogens (tertiary/aromatic N) is 2. The molecule has 0 aliphatic rings. The standard InChI is InChI=1S/C23H16IN7O5/c24-16-8-12(2-5-18(16)29-31-26)21(32)27-13-3-6-19-15(9-13)20(30-36-19)22(33)28-17-4-1-11(10-25)7-14(17)23(34)35/h1-9,29,31H,26H2,(H,27,32)(H,28,33)(H,34,35)/p-1. The minimum absolute atomic E-state index is 0.0722. The van der Waals surface area contributed by atoms with Crippen molar-refractivity contribution in [3.63, 3.8) is 0 Å². The molecule has 0 saturated carbocycles. The van der Waals surface area contributed by atoms with Gasteiger partial charge in [0, 0.05) is 20.4 Å². The number of aromatic carboxylic acids is 1. The third kappa shape index (κ3) is 5.10. The van der Waals surface area contributed by atoms with Crippen molar-refractivity contribution in [3.8, 4) is 6.07 Å². The predicted molar refractivity (Wildman–Crippen MR) is 136 cm³/mol. The molecule has 36 heavy (non-hydrogen) atoms. The van der Waals surface area contributed by atoms with E-state index in [1.165, 1.54) is 24.3 Å². The van der Waals surface area contributed by atoms with E-state index in [9.17, 15) is 19.5 Å². The Bertz CT molecular complexity index is 1560. The summed E-state index contributed by atoms with van der Waals surface area (Å²) >= 11 is 2.06. The zero-order valence-corrected chi connectivity index (χ0v) is 20.2. The molecule has 0 bridgehead atoms. The summed E-state index contributed by atoms with van der Waals surface area (Å²) in [4.78, 5) is 37.1. The fraction of sp³-hybridized carbons (Fsp3) is 0. The van der Waals surface area contributed by atoms with Gasteiger partial charge >= 0.3 is 0 Å². The maximum atomic E-state index is 12.9. The molecule has 0 aliphatic carbocycles. The van der Waals surface area contributed by atoms with Crippen LogP contribution in [0, 0.1) is 14.9 Å². The van der Waals surface area contributed by atoms with Crippen LogP contribution < -0.4 is 32.5 Å². The number of rotatable bonds is 7. The van der Waals surface area contributed by atoms with Crippen LogP contribution in [0.1, 0.15) is 36.8 Å². The average Bonchev–Trinajstić information content (AvgIpc) is 3.29. The lowest BCUT2D eigenvalue weighted by Crippen LogP contribution is -2.29. The SMILES string of the molecule is N#Cc1ccc(NC(=O)c2noc3ccc(NC(=O)c4ccc(NNN)c(I)c4)cc23)c(C(=O)[O-])c1. The summed E-state index contributed by atoms with van der Waals surface area (Å²) in [5.74, 6) is 2.54. The van der Waals surface area contributed by atoms with Gasteiger partial charge in [0.05, 0.1) is 34.4 Å². The van der Waals surface area contributed by atoms with Gasteiger partial charge in [-0.1, -0.05) is 5.16 Å². The van der Waals surface area contributed by atoms with E-state index in [1.54, 1.807) is 24.3 Å². The number of nitriles is 1. The second-order valence-corrected chi connectivity index (χ2v) is 8.44. The molecule has 0 atom stereocenters. The summed E-state index contributed by atoms with van der Waals surface area (Å²) in [6.45, 7) is 0. The molecule has 4 aromatic rings. The van der Waals surface area contributed by atoms with Crippen molar-refractivity contribution in [2.24, 2.45) is 5.84 Å². The number of nitrogens with two attached hydrogens (primary N) is 1. The summed E-state index contributed by atoms with van der Waals surface area (Å²) in [7, 11) is 0. The number of aromatic nitrogens is 1. The Balaban J connectivity index is 1.58. The van der Waals surface area contributed by atoms with Crippen LogP contribution in [0.3, 0.4) is 0 Å². The fourth-order valence-corrected chi connectivity index (χ4v) is 3.94. The highest BCUT2D eigenvalue weighted by atomic mass is 127. The number of hydrazine groups is 2. The highest BCUT2D eigenvalue weighted by Gasteiger charge is 2.19. The van der Waals surface area contributed by atoms with E-state index in [4.69, 9.17) is 15.6 Å². The summed E-state index contributed by atoms with van der Waals surface area (Å²) in [6, 6.07) is 15.1. The molecule has 6 N–H and O–H groups in total. The monoisotopic (exact) mass is 596 g/mol. The van der Waals surface area contributed by atoms with Gasteiger partial charge in [-0.05, 0) is 77.2 Å². The van der Waals surface area contributed by atoms with Crippen molar-refractivity contribution in [1.29, 1.82) is 5.26 Å². The number of fused-ring (bicyclic) bond motifs is 1. The van der Waals surface area contributed by atoms with E-state index in [0.29, 0.717) is 16.9 Å². The molecule has 1 heterocycles. The van der Waals surface area contributed by atoms with Crippen LogP contribution in [0.5, 0.6) is 0 Å². The minimum atomic E-state index is -1.56. The predicted octanol–water partition coefficient (Wildman–Crippen LogP) is 1.96. The Morgan fingerprint density at radius 1 is 1.00 bits per heavy atom. The molecule has 3 aromatic carbocycles. The van der Waals surface area contributed by atoms with Gasteiger partial charge in [-0.25, -0.2) is 0 Å². The first-order valence-corrected chi connectivity index (χ1v) is 11.2. The van der Waals surface area contributed by atoms with Gasteiger partial charge in [-0.15, -0.1) is 0 Å². The van der Waals surface area contributed by atoms with Crippen molar-refractivity contribution in [3.05, 3.63) is 80.6 Å². The summed E-state index contributed by atoms with van der Waals surface area (Å²) < 4.78 is 5.95. The summed E-state index contributed by atoms with van der Waals surface area (Å²) in [6.07, 6.45) is 0. The number of nitrogens with one attached hydrogen (secondary N) is 4. The van der Waals surface area contributed by atoms with Crippen LogP contribution >= 0.6 is 22.6 Å². The van der Waals surface area contributed by atoms with Crippen LogP contribution in [0.25, 0.3) is 11.0 Å². The molecule has 2 amide bonds. The van der Waals surface area contributed by atoms with Crippen molar-refractivity contribution in [2.75, 3.05) is 16.1 Å². The molecule has 0 aliphatic heterocycles. The summed E-state index contributed by atoms with van der Waals surface area (Å²) in [5.41, 5.74) is 6.33. The highest BCUT2D eigenvalue weighted by molar-refractivity contribution is 14.1. The van der Waals surface area contributed by atoms with Crippen molar-refractivity contribution in [1.82, 2.24) is 10.7 Å². The van der Waals surface area contributed by atoms with Crippen molar-refractivity contribution >= 4 is 68.4 Å². The maximum Gasteiger partial charge on any atom is 0.278 e. The number of hydrogen-bond acceptors (Lipinski definition) is 10. The third-order valence-corrected chi connectivity index (χ3v) is 5.89. The Kier molecular flexibility index (Phi) is 7.10. The number of anilines is 3. The third-order valence-electron chi connectivity index (χ3n) is 5.00. The molecular formula is C23H15IN7O5-. The first-order valence-electron chi connectivity index (χ1n) is 10.1. The van der Waals surface area contributed by atoms with Gasteiger partial charge < -0.3 is 30.5 Å². The second-order valence-electron chi connectivity index (χ2n) is 7.27. The molecule has 0 fully saturated rings. The first kappa shape index (κ1) is 24.6. The van der Waals surface area contributed by atoms with E-state index in [1.807, 2.05) is 6.07 Å². The van der Waals surface area contributed by atoms with E-state index in [-0.39, 0.29) is 33.5 Å². The Hall–Kier alpha value is -4.52. The minimum Gasteiger partial charge on any atom is -0.545 e. The molecule has 12 nitrogen and oxygen atoms in total. The highest BCUT2D eigenvalue weighted by Crippen LogP contribution is 2.26. The zero-order chi connectivity index (χ0) is 25.8. The lowest BCUT2D eigenvalue weighted by atomic mass is 10.1. The first-order chi connectivity index (χ1) is 17.3. The van der Waals surface area contributed by atoms with E-state index < -0.39 is 17.8 Å². The van der Waals surface area contributed by atoms with Crippen LogP contribution in [0.15, 0.2) is 59.1 Å². The molecular weight excluding hydrogens is 581 g/mol. The summed E-state index contributed by atoms with van der Waals surface area (Å²) in [5, 5.41) is 29.7. The van der Waals surface area contributed by atoms with E-state index in [0.717, 1.165) is 9.64 Å². The lowest BCUT2D eigenvalue weighted by Gasteiger charge is -2.11. The van der Waals surface area contributed by atoms with Crippen LogP contribution in [0.4, 0.5) is 17.1 Å². The van der Waals surface area contributed by atoms with Gasteiger partial charge in [-0.3, -0.25) is 15.4 Å². The number of benzene rings is 3. The molecule has 180 valence electrons. The number of amides is 2. The Morgan fingerprint density at radius 3 is 2.47 bits per heavy atom.